The van der Waals surface area contributed by atoms with E-state index in [1.165, 1.54) is 0 Å². The fourth-order valence-corrected chi connectivity index (χ4v) is 1.58. The summed E-state index contributed by atoms with van der Waals surface area (Å²) in [6.45, 7) is 7.66. The first-order chi connectivity index (χ1) is 8.36. The van der Waals surface area contributed by atoms with Crippen LogP contribution in [0.4, 0.5) is 11.6 Å². The van der Waals surface area contributed by atoms with Gasteiger partial charge in [0.2, 0.25) is 0 Å². The van der Waals surface area contributed by atoms with Crippen LogP contribution < -0.4 is 10.6 Å². The first kappa shape index (κ1) is 14.2. The van der Waals surface area contributed by atoms with Gasteiger partial charge in [-0.05, 0) is 27.7 Å². The van der Waals surface area contributed by atoms with Gasteiger partial charge in [-0.25, -0.2) is 9.97 Å². The van der Waals surface area contributed by atoms with Crippen LogP contribution in [0.5, 0.6) is 0 Å². The van der Waals surface area contributed by atoms with E-state index in [9.17, 15) is 4.79 Å². The molecule has 1 unspecified atom stereocenters. The number of hydrogen-bond donors (Lipinski definition) is 3. The number of rotatable bonds is 6. The molecule has 6 heteroatoms. The van der Waals surface area contributed by atoms with Gasteiger partial charge in [0.05, 0.1) is 6.42 Å². The highest BCUT2D eigenvalue weighted by Crippen LogP contribution is 2.13. The van der Waals surface area contributed by atoms with E-state index in [1.807, 2.05) is 13.8 Å². The Morgan fingerprint density at radius 2 is 1.83 bits per heavy atom. The van der Waals surface area contributed by atoms with Crippen molar-refractivity contribution >= 4 is 17.6 Å². The van der Waals surface area contributed by atoms with Gasteiger partial charge in [0, 0.05) is 18.2 Å². The molecule has 0 fully saturated rings. The summed E-state index contributed by atoms with van der Waals surface area (Å²) in [5.41, 5.74) is 0. The predicted octanol–water partition coefficient (Wildman–Crippen LogP) is 1.88. The molecule has 1 rings (SSSR count). The Balaban J connectivity index is 2.76. The van der Waals surface area contributed by atoms with Crippen molar-refractivity contribution in [2.24, 2.45) is 0 Å². The van der Waals surface area contributed by atoms with Crippen molar-refractivity contribution in [1.82, 2.24) is 9.97 Å². The van der Waals surface area contributed by atoms with E-state index < -0.39 is 5.97 Å². The Morgan fingerprint density at radius 1 is 1.28 bits per heavy atom. The van der Waals surface area contributed by atoms with Crippen molar-refractivity contribution in [2.75, 3.05) is 10.6 Å². The van der Waals surface area contributed by atoms with E-state index in [0.717, 1.165) is 5.82 Å². The molecule has 0 aliphatic heterocycles. The van der Waals surface area contributed by atoms with E-state index in [-0.39, 0.29) is 18.5 Å². The Morgan fingerprint density at radius 3 is 2.33 bits per heavy atom. The van der Waals surface area contributed by atoms with Crippen molar-refractivity contribution < 1.29 is 9.90 Å². The molecular weight excluding hydrogens is 232 g/mol. The molecule has 0 saturated heterocycles. The topological polar surface area (TPSA) is 87.1 Å². The molecule has 0 radical (unpaired) electrons. The zero-order valence-electron chi connectivity index (χ0n) is 11.2. The predicted molar refractivity (Wildman–Crippen MR) is 70.9 cm³/mol. The second kappa shape index (κ2) is 6.18. The van der Waals surface area contributed by atoms with Crippen molar-refractivity contribution in [3.05, 3.63) is 11.9 Å². The lowest BCUT2D eigenvalue weighted by Gasteiger charge is -2.15. The van der Waals surface area contributed by atoms with Crippen LogP contribution in [-0.4, -0.2) is 33.1 Å². The van der Waals surface area contributed by atoms with E-state index in [2.05, 4.69) is 20.6 Å². The van der Waals surface area contributed by atoms with Gasteiger partial charge >= 0.3 is 5.97 Å². The number of anilines is 2. The van der Waals surface area contributed by atoms with Crippen LogP contribution >= 0.6 is 0 Å². The standard InChI is InChI=1S/C12H20N4O2/c1-7(2)13-10-6-11(16-9(4)15-10)14-8(3)5-12(17)18/h6-8H,5H2,1-4H3,(H,17,18)(H2,13,14,15,16). The lowest BCUT2D eigenvalue weighted by Crippen LogP contribution is -2.21. The van der Waals surface area contributed by atoms with E-state index in [0.29, 0.717) is 11.6 Å². The summed E-state index contributed by atoms with van der Waals surface area (Å²) < 4.78 is 0. The Kier molecular flexibility index (Phi) is 4.88. The number of nitrogens with zero attached hydrogens (tertiary/aromatic N) is 2. The zero-order valence-corrected chi connectivity index (χ0v) is 11.2. The third kappa shape index (κ3) is 4.99. The van der Waals surface area contributed by atoms with Gasteiger partial charge in [-0.15, -0.1) is 0 Å². The smallest absolute Gasteiger partial charge is 0.305 e. The minimum atomic E-state index is -0.832. The number of carbonyl (C=O) groups is 1. The fraction of sp³-hybridized carbons (Fsp3) is 0.583. The van der Waals surface area contributed by atoms with Crippen LogP contribution in [-0.2, 0) is 4.79 Å². The highest BCUT2D eigenvalue weighted by atomic mass is 16.4. The minimum Gasteiger partial charge on any atom is -0.481 e. The van der Waals surface area contributed by atoms with Gasteiger partial charge in [-0.3, -0.25) is 4.79 Å². The maximum Gasteiger partial charge on any atom is 0.305 e. The minimum absolute atomic E-state index is 0.0516. The molecular formula is C12H20N4O2. The molecule has 1 aromatic heterocycles. The average Bonchev–Trinajstić information content (AvgIpc) is 2.12. The lowest BCUT2D eigenvalue weighted by molar-refractivity contribution is -0.137. The molecule has 18 heavy (non-hydrogen) atoms. The molecule has 0 aliphatic rings. The third-order valence-corrected chi connectivity index (χ3v) is 2.15. The molecule has 0 aromatic carbocycles. The number of aromatic nitrogens is 2. The zero-order chi connectivity index (χ0) is 13.7. The quantitative estimate of drug-likeness (QED) is 0.716. The van der Waals surface area contributed by atoms with Crippen molar-refractivity contribution in [1.29, 1.82) is 0 Å². The van der Waals surface area contributed by atoms with Gasteiger partial charge in [0.25, 0.3) is 0 Å². The van der Waals surface area contributed by atoms with E-state index in [1.54, 1.807) is 19.9 Å². The molecule has 0 spiro atoms. The summed E-state index contributed by atoms with van der Waals surface area (Å²) in [4.78, 5) is 19.1. The highest BCUT2D eigenvalue weighted by Gasteiger charge is 2.09. The first-order valence-electron chi connectivity index (χ1n) is 5.97. The molecule has 0 bridgehead atoms. The van der Waals surface area contributed by atoms with Crippen molar-refractivity contribution in [3.8, 4) is 0 Å². The Bertz CT molecular complexity index is 421. The molecule has 100 valence electrons. The summed E-state index contributed by atoms with van der Waals surface area (Å²) >= 11 is 0. The first-order valence-corrected chi connectivity index (χ1v) is 5.97. The second-order valence-electron chi connectivity index (χ2n) is 4.63. The number of nitrogens with one attached hydrogen (secondary N) is 2. The summed E-state index contributed by atoms with van der Waals surface area (Å²) in [5.74, 6) is 1.19. The molecule has 0 amide bonds. The van der Waals surface area contributed by atoms with Crippen LogP contribution in [0.25, 0.3) is 0 Å². The van der Waals surface area contributed by atoms with Crippen LogP contribution in [0.3, 0.4) is 0 Å². The molecule has 3 N–H and O–H groups in total. The van der Waals surface area contributed by atoms with Crippen LogP contribution in [0, 0.1) is 6.92 Å². The average molecular weight is 252 g/mol. The Labute approximate surface area is 107 Å². The van der Waals surface area contributed by atoms with Gasteiger partial charge < -0.3 is 15.7 Å². The second-order valence-corrected chi connectivity index (χ2v) is 4.63. The van der Waals surface area contributed by atoms with Gasteiger partial charge in [0.1, 0.15) is 17.5 Å². The van der Waals surface area contributed by atoms with Crippen molar-refractivity contribution in [2.45, 2.75) is 46.2 Å². The summed E-state index contributed by atoms with van der Waals surface area (Å²) in [5, 5.41) is 15.0. The van der Waals surface area contributed by atoms with Crippen LogP contribution in [0.15, 0.2) is 6.07 Å². The number of aliphatic carboxylic acids is 1. The van der Waals surface area contributed by atoms with E-state index in [4.69, 9.17) is 5.11 Å². The van der Waals surface area contributed by atoms with Crippen LogP contribution in [0.1, 0.15) is 33.0 Å². The number of aryl methyl sites for hydroxylation is 1. The summed E-state index contributed by atoms with van der Waals surface area (Å²) in [6.07, 6.45) is 0.0516. The third-order valence-electron chi connectivity index (χ3n) is 2.15. The fourth-order valence-electron chi connectivity index (χ4n) is 1.58. The maximum atomic E-state index is 10.6. The van der Waals surface area contributed by atoms with Gasteiger partial charge in [-0.1, -0.05) is 0 Å². The molecule has 1 atom stereocenters. The monoisotopic (exact) mass is 252 g/mol. The molecule has 0 aliphatic carbocycles. The van der Waals surface area contributed by atoms with Gasteiger partial charge in [-0.2, -0.15) is 0 Å². The van der Waals surface area contributed by atoms with Crippen molar-refractivity contribution in [3.63, 3.8) is 0 Å². The number of carboxylic acids is 1. The molecule has 1 aromatic rings. The number of hydrogen-bond acceptors (Lipinski definition) is 5. The number of carboxylic acid groups (broad SMARTS) is 1. The lowest BCUT2D eigenvalue weighted by atomic mass is 10.2. The molecule has 0 saturated carbocycles. The largest absolute Gasteiger partial charge is 0.481 e. The Hall–Kier alpha value is -1.85. The van der Waals surface area contributed by atoms with E-state index >= 15 is 0 Å². The maximum absolute atomic E-state index is 10.6. The highest BCUT2D eigenvalue weighted by molar-refractivity contribution is 5.68. The molecule has 6 nitrogen and oxygen atoms in total. The van der Waals surface area contributed by atoms with Gasteiger partial charge in [0.15, 0.2) is 0 Å². The summed E-state index contributed by atoms with van der Waals surface area (Å²) in [6, 6.07) is 1.89. The van der Waals surface area contributed by atoms with Crippen LogP contribution in [0.2, 0.25) is 0 Å². The summed E-state index contributed by atoms with van der Waals surface area (Å²) in [7, 11) is 0. The normalized spacial score (nSPS) is 12.3. The molecule has 1 heterocycles. The SMILES string of the molecule is Cc1nc(NC(C)C)cc(NC(C)CC(=O)O)n1.